The van der Waals surface area contributed by atoms with E-state index in [9.17, 15) is 18.0 Å². The van der Waals surface area contributed by atoms with Crippen LogP contribution in [0.2, 0.25) is 0 Å². The maximum absolute atomic E-state index is 12.7. The molecule has 0 saturated carbocycles. The van der Waals surface area contributed by atoms with Crippen LogP contribution in [0.4, 0.5) is 13.2 Å². The monoisotopic (exact) mass is 312 g/mol. The van der Waals surface area contributed by atoms with Gasteiger partial charge in [-0.15, -0.1) is 0 Å². The van der Waals surface area contributed by atoms with Gasteiger partial charge in [-0.05, 0) is 36.8 Å². The van der Waals surface area contributed by atoms with Crippen molar-refractivity contribution in [1.29, 1.82) is 0 Å². The first-order chi connectivity index (χ1) is 10.3. The first kappa shape index (κ1) is 16.6. The van der Waals surface area contributed by atoms with Gasteiger partial charge >= 0.3 is 12.1 Å². The van der Waals surface area contributed by atoms with Crippen molar-refractivity contribution in [3.63, 3.8) is 0 Å². The Hall–Kier alpha value is -1.78. The molecule has 1 aromatic carbocycles. The Morgan fingerprint density at radius 1 is 1.36 bits per heavy atom. The summed E-state index contributed by atoms with van der Waals surface area (Å²) in [5, 5.41) is 0. The highest BCUT2D eigenvalue weighted by Crippen LogP contribution is 2.43. The SMILES string of the molecule is C=C(C(=O)OC1(CCC)CCCc2ccccc21)C(F)(F)F. The Bertz CT molecular complexity index is 578. The van der Waals surface area contributed by atoms with Crippen molar-refractivity contribution < 1.29 is 22.7 Å². The lowest BCUT2D eigenvalue weighted by Crippen LogP contribution is -2.38. The van der Waals surface area contributed by atoms with Crippen molar-refractivity contribution in [3.8, 4) is 0 Å². The van der Waals surface area contributed by atoms with Crippen molar-refractivity contribution in [2.75, 3.05) is 0 Å². The second-order valence-electron chi connectivity index (χ2n) is 5.62. The normalized spacial score (nSPS) is 21.1. The third kappa shape index (κ3) is 3.18. The van der Waals surface area contributed by atoms with E-state index in [-0.39, 0.29) is 0 Å². The van der Waals surface area contributed by atoms with Crippen LogP contribution in [0, 0.1) is 0 Å². The van der Waals surface area contributed by atoms with E-state index < -0.39 is 23.3 Å². The molecule has 1 unspecified atom stereocenters. The average molecular weight is 312 g/mol. The van der Waals surface area contributed by atoms with Crippen LogP contribution in [-0.2, 0) is 21.6 Å². The molecule has 1 aliphatic rings. The van der Waals surface area contributed by atoms with Gasteiger partial charge in [0.25, 0.3) is 0 Å². The minimum absolute atomic E-state index is 0.501. The number of hydrogen-bond acceptors (Lipinski definition) is 2. The molecule has 0 fully saturated rings. The summed E-state index contributed by atoms with van der Waals surface area (Å²) in [5.74, 6) is -1.38. The van der Waals surface area contributed by atoms with E-state index in [1.54, 1.807) is 0 Å². The van der Waals surface area contributed by atoms with Crippen LogP contribution in [0.3, 0.4) is 0 Å². The van der Waals surface area contributed by atoms with E-state index in [1.165, 1.54) is 0 Å². The number of rotatable bonds is 4. The van der Waals surface area contributed by atoms with E-state index in [4.69, 9.17) is 4.74 Å². The predicted octanol–water partition coefficient (Wildman–Crippen LogP) is 4.68. The highest BCUT2D eigenvalue weighted by Gasteiger charge is 2.44. The Morgan fingerprint density at radius 3 is 2.68 bits per heavy atom. The number of halogens is 3. The molecule has 2 rings (SSSR count). The van der Waals surface area contributed by atoms with E-state index in [0.717, 1.165) is 24.0 Å². The van der Waals surface area contributed by atoms with Crippen molar-refractivity contribution in [2.24, 2.45) is 0 Å². The molecule has 1 atom stereocenters. The molecule has 120 valence electrons. The van der Waals surface area contributed by atoms with Crippen LogP contribution in [-0.4, -0.2) is 12.1 Å². The Labute approximate surface area is 128 Å². The summed E-state index contributed by atoms with van der Waals surface area (Å²) in [5.41, 5.74) is -0.570. The van der Waals surface area contributed by atoms with Gasteiger partial charge in [0.05, 0.1) is 0 Å². The number of benzene rings is 1. The summed E-state index contributed by atoms with van der Waals surface area (Å²) in [6.07, 6.45) is -1.39. The topological polar surface area (TPSA) is 26.3 Å². The molecule has 0 spiro atoms. The fourth-order valence-corrected chi connectivity index (χ4v) is 3.06. The Kier molecular flexibility index (Phi) is 4.63. The lowest BCUT2D eigenvalue weighted by Gasteiger charge is -2.38. The van der Waals surface area contributed by atoms with Gasteiger partial charge in [-0.2, -0.15) is 13.2 Å². The van der Waals surface area contributed by atoms with Gasteiger partial charge in [-0.25, -0.2) is 4.79 Å². The number of fused-ring (bicyclic) bond motifs is 1. The standard InChI is InChI=1S/C17H19F3O2/c1-3-10-16(22-15(21)12(2)17(18,19)20)11-6-8-13-7-4-5-9-14(13)16/h4-5,7,9H,2-3,6,8,10-11H2,1H3. The molecule has 0 amide bonds. The molecule has 1 aliphatic carbocycles. The quantitative estimate of drug-likeness (QED) is 0.596. The van der Waals surface area contributed by atoms with E-state index in [2.05, 4.69) is 6.58 Å². The van der Waals surface area contributed by atoms with Gasteiger partial charge in [-0.1, -0.05) is 44.2 Å². The molecular formula is C17H19F3O2. The smallest absolute Gasteiger partial charge is 0.422 e. The number of esters is 1. The van der Waals surface area contributed by atoms with Crippen molar-refractivity contribution in [3.05, 3.63) is 47.5 Å². The largest absolute Gasteiger partial charge is 0.451 e. The van der Waals surface area contributed by atoms with Gasteiger partial charge in [0.2, 0.25) is 0 Å². The second-order valence-corrected chi connectivity index (χ2v) is 5.62. The van der Waals surface area contributed by atoms with Gasteiger partial charge in [0, 0.05) is 0 Å². The van der Waals surface area contributed by atoms with Crippen LogP contribution >= 0.6 is 0 Å². The predicted molar refractivity (Wildman–Crippen MR) is 77.3 cm³/mol. The summed E-state index contributed by atoms with van der Waals surface area (Å²) < 4.78 is 43.4. The number of carbonyl (C=O) groups excluding carboxylic acids is 1. The fraction of sp³-hybridized carbons (Fsp3) is 0.471. The van der Waals surface area contributed by atoms with Crippen LogP contribution < -0.4 is 0 Å². The van der Waals surface area contributed by atoms with Crippen LogP contribution in [0.1, 0.15) is 43.7 Å². The second kappa shape index (κ2) is 6.15. The van der Waals surface area contributed by atoms with E-state index >= 15 is 0 Å². The first-order valence-corrected chi connectivity index (χ1v) is 7.38. The lowest BCUT2D eigenvalue weighted by molar-refractivity contribution is -0.168. The summed E-state index contributed by atoms with van der Waals surface area (Å²) in [6, 6.07) is 7.48. The Balaban J connectivity index is 2.35. The summed E-state index contributed by atoms with van der Waals surface area (Å²) in [6.45, 7) is 4.76. The highest BCUT2D eigenvalue weighted by atomic mass is 19.4. The molecular weight excluding hydrogens is 293 g/mol. The first-order valence-electron chi connectivity index (χ1n) is 7.38. The van der Waals surface area contributed by atoms with Crippen molar-refractivity contribution in [1.82, 2.24) is 0 Å². The molecule has 0 heterocycles. The van der Waals surface area contributed by atoms with Crippen molar-refractivity contribution in [2.45, 2.75) is 50.8 Å². The average Bonchev–Trinajstić information content (AvgIpc) is 2.46. The maximum atomic E-state index is 12.7. The molecule has 0 aliphatic heterocycles. The third-order valence-electron chi connectivity index (χ3n) is 4.07. The van der Waals surface area contributed by atoms with Gasteiger partial charge < -0.3 is 4.74 Å². The minimum atomic E-state index is -4.77. The van der Waals surface area contributed by atoms with Crippen molar-refractivity contribution >= 4 is 5.97 Å². The number of alkyl halides is 3. The molecule has 5 heteroatoms. The third-order valence-corrected chi connectivity index (χ3v) is 4.07. The zero-order valence-corrected chi connectivity index (χ0v) is 12.5. The minimum Gasteiger partial charge on any atom is -0.451 e. The van der Waals surface area contributed by atoms with E-state index in [1.807, 2.05) is 31.2 Å². The molecule has 2 nitrogen and oxygen atoms in total. The highest BCUT2D eigenvalue weighted by molar-refractivity contribution is 5.89. The van der Waals surface area contributed by atoms with Gasteiger partial charge in [0.1, 0.15) is 11.2 Å². The van der Waals surface area contributed by atoms with Crippen LogP contribution in [0.25, 0.3) is 0 Å². The fourth-order valence-electron chi connectivity index (χ4n) is 3.06. The lowest BCUT2D eigenvalue weighted by atomic mass is 9.76. The molecule has 0 aromatic heterocycles. The van der Waals surface area contributed by atoms with Gasteiger partial charge in [0.15, 0.2) is 0 Å². The number of hydrogen-bond donors (Lipinski definition) is 0. The molecule has 0 bridgehead atoms. The van der Waals surface area contributed by atoms with E-state index in [0.29, 0.717) is 19.3 Å². The van der Waals surface area contributed by atoms with Crippen LogP contribution in [0.15, 0.2) is 36.4 Å². The zero-order chi connectivity index (χ0) is 16.4. The molecule has 0 radical (unpaired) electrons. The number of aryl methyl sites for hydroxylation is 1. The zero-order valence-electron chi connectivity index (χ0n) is 12.5. The summed E-state index contributed by atoms with van der Waals surface area (Å²) >= 11 is 0. The molecule has 0 N–H and O–H groups in total. The van der Waals surface area contributed by atoms with Crippen LogP contribution in [0.5, 0.6) is 0 Å². The maximum Gasteiger partial charge on any atom is 0.422 e. The van der Waals surface area contributed by atoms with Gasteiger partial charge in [-0.3, -0.25) is 0 Å². The molecule has 1 aromatic rings. The number of carbonyl (C=O) groups is 1. The number of ether oxygens (including phenoxy) is 1. The Morgan fingerprint density at radius 2 is 2.05 bits per heavy atom. The molecule has 0 saturated heterocycles. The summed E-state index contributed by atoms with van der Waals surface area (Å²) in [7, 11) is 0. The molecule has 22 heavy (non-hydrogen) atoms. The summed E-state index contributed by atoms with van der Waals surface area (Å²) in [4.78, 5) is 11.9.